The fraction of sp³-hybridized carbons (Fsp3) is 0.174. The Balaban J connectivity index is 1.86. The van der Waals surface area contributed by atoms with Crippen LogP contribution in [0.3, 0.4) is 0 Å². The molecular weight excluding hydrogens is 487 g/mol. The van der Waals surface area contributed by atoms with E-state index in [0.717, 1.165) is 21.0 Å². The SMILES string of the molecule is CC(C)(O)c1cc(-c2ccc(-c3cccc(S(C)(=O)=O)c3)s2)n(-c2cccc(Cl)c2Cl)n1. The number of sulfone groups is 1. The third kappa shape index (κ3) is 4.49. The predicted molar refractivity (Wildman–Crippen MR) is 131 cm³/mol. The molecule has 0 aliphatic carbocycles. The van der Waals surface area contributed by atoms with Gasteiger partial charge in [0.25, 0.3) is 0 Å². The summed E-state index contributed by atoms with van der Waals surface area (Å²) in [4.78, 5) is 2.05. The molecule has 0 amide bonds. The van der Waals surface area contributed by atoms with E-state index in [-0.39, 0.29) is 4.90 Å². The van der Waals surface area contributed by atoms with Crippen LogP contribution in [-0.4, -0.2) is 29.6 Å². The van der Waals surface area contributed by atoms with Crippen LogP contribution in [0, 0.1) is 0 Å². The Morgan fingerprint density at radius 2 is 1.69 bits per heavy atom. The lowest BCUT2D eigenvalue weighted by Gasteiger charge is -2.13. The highest BCUT2D eigenvalue weighted by Crippen LogP contribution is 2.39. The molecule has 0 aliphatic heterocycles. The first kappa shape index (κ1) is 23.0. The van der Waals surface area contributed by atoms with Crippen molar-refractivity contribution in [2.45, 2.75) is 24.3 Å². The van der Waals surface area contributed by atoms with Crippen LogP contribution in [0.25, 0.3) is 26.7 Å². The van der Waals surface area contributed by atoms with E-state index in [1.165, 1.54) is 17.6 Å². The Morgan fingerprint density at radius 1 is 1.00 bits per heavy atom. The lowest BCUT2D eigenvalue weighted by atomic mass is 10.1. The van der Waals surface area contributed by atoms with Gasteiger partial charge in [-0.3, -0.25) is 0 Å². The summed E-state index contributed by atoms with van der Waals surface area (Å²) in [6.07, 6.45) is 1.19. The van der Waals surface area contributed by atoms with Gasteiger partial charge in [-0.25, -0.2) is 13.1 Å². The molecule has 5 nitrogen and oxygen atoms in total. The van der Waals surface area contributed by atoms with Gasteiger partial charge in [-0.2, -0.15) is 5.10 Å². The minimum Gasteiger partial charge on any atom is -0.384 e. The largest absolute Gasteiger partial charge is 0.384 e. The monoisotopic (exact) mass is 506 g/mol. The van der Waals surface area contributed by atoms with Crippen molar-refractivity contribution < 1.29 is 13.5 Å². The maximum atomic E-state index is 11.9. The van der Waals surface area contributed by atoms with Gasteiger partial charge in [0.15, 0.2) is 9.84 Å². The zero-order valence-electron chi connectivity index (χ0n) is 17.5. The quantitative estimate of drug-likeness (QED) is 0.349. The molecule has 1 N–H and O–H groups in total. The molecule has 9 heteroatoms. The highest BCUT2D eigenvalue weighted by molar-refractivity contribution is 7.90. The van der Waals surface area contributed by atoms with Crippen LogP contribution in [0.5, 0.6) is 0 Å². The number of thiophene rings is 1. The number of aliphatic hydroxyl groups is 1. The lowest BCUT2D eigenvalue weighted by molar-refractivity contribution is 0.0734. The van der Waals surface area contributed by atoms with E-state index in [1.807, 2.05) is 30.3 Å². The molecule has 0 bridgehead atoms. The van der Waals surface area contributed by atoms with Crippen molar-refractivity contribution in [1.82, 2.24) is 9.78 Å². The number of benzene rings is 2. The zero-order valence-corrected chi connectivity index (χ0v) is 20.6. The summed E-state index contributed by atoms with van der Waals surface area (Å²) in [5.41, 5.74) is 1.46. The van der Waals surface area contributed by atoms with Crippen molar-refractivity contribution in [2.24, 2.45) is 0 Å². The van der Waals surface area contributed by atoms with Crippen LogP contribution in [0.15, 0.2) is 65.6 Å². The van der Waals surface area contributed by atoms with E-state index >= 15 is 0 Å². The van der Waals surface area contributed by atoms with Crippen molar-refractivity contribution in [3.63, 3.8) is 0 Å². The molecule has 0 saturated heterocycles. The number of nitrogens with zero attached hydrogens (tertiary/aromatic N) is 2. The van der Waals surface area contributed by atoms with E-state index in [1.54, 1.807) is 48.9 Å². The molecule has 0 radical (unpaired) electrons. The van der Waals surface area contributed by atoms with E-state index in [0.29, 0.717) is 21.4 Å². The topological polar surface area (TPSA) is 72.2 Å². The molecule has 166 valence electrons. The van der Waals surface area contributed by atoms with Crippen LogP contribution in [-0.2, 0) is 15.4 Å². The van der Waals surface area contributed by atoms with Crippen LogP contribution in [0.2, 0.25) is 10.0 Å². The average molecular weight is 507 g/mol. The molecular formula is C23H20Cl2N2O3S2. The summed E-state index contributed by atoms with van der Waals surface area (Å²) in [6.45, 7) is 3.33. The second-order valence-electron chi connectivity index (χ2n) is 7.92. The number of halogens is 2. The average Bonchev–Trinajstić information content (AvgIpc) is 3.36. The van der Waals surface area contributed by atoms with Crippen molar-refractivity contribution in [2.75, 3.05) is 6.26 Å². The van der Waals surface area contributed by atoms with Crippen LogP contribution in [0.1, 0.15) is 19.5 Å². The third-order valence-electron chi connectivity index (χ3n) is 4.90. The van der Waals surface area contributed by atoms with Crippen molar-refractivity contribution in [1.29, 1.82) is 0 Å². The van der Waals surface area contributed by atoms with Gasteiger partial charge in [0, 0.05) is 11.1 Å². The Morgan fingerprint density at radius 3 is 2.38 bits per heavy atom. The molecule has 2 aromatic heterocycles. The highest BCUT2D eigenvalue weighted by Gasteiger charge is 2.25. The minimum atomic E-state index is -3.31. The first-order valence-electron chi connectivity index (χ1n) is 9.63. The fourth-order valence-corrected chi connectivity index (χ4v) is 5.25. The maximum absolute atomic E-state index is 11.9. The Bertz CT molecular complexity index is 1420. The summed E-state index contributed by atoms with van der Waals surface area (Å²) in [7, 11) is -3.31. The van der Waals surface area contributed by atoms with Gasteiger partial charge in [-0.15, -0.1) is 11.3 Å². The van der Waals surface area contributed by atoms with Crippen molar-refractivity contribution in [3.05, 3.63) is 76.4 Å². The number of aromatic nitrogens is 2. The first-order valence-corrected chi connectivity index (χ1v) is 13.1. The molecule has 4 aromatic rings. The molecule has 0 aliphatic rings. The second kappa shape index (κ2) is 8.32. The number of hydrogen-bond donors (Lipinski definition) is 1. The summed E-state index contributed by atoms with van der Waals surface area (Å²) < 4.78 is 25.6. The normalized spacial score (nSPS) is 12.3. The summed E-state index contributed by atoms with van der Waals surface area (Å²) in [5.74, 6) is 0. The number of hydrogen-bond acceptors (Lipinski definition) is 5. The van der Waals surface area contributed by atoms with Crippen LogP contribution < -0.4 is 0 Å². The first-order chi connectivity index (χ1) is 14.9. The van der Waals surface area contributed by atoms with Crippen LogP contribution in [0.4, 0.5) is 0 Å². The molecule has 0 unspecified atom stereocenters. The highest BCUT2D eigenvalue weighted by atomic mass is 35.5. The van der Waals surface area contributed by atoms with Crippen molar-refractivity contribution in [3.8, 4) is 26.7 Å². The number of rotatable bonds is 5. The molecule has 0 fully saturated rings. The van der Waals surface area contributed by atoms with Crippen molar-refractivity contribution >= 4 is 44.4 Å². The third-order valence-corrected chi connectivity index (χ3v) is 7.98. The van der Waals surface area contributed by atoms with Gasteiger partial charge in [-0.1, -0.05) is 41.4 Å². The predicted octanol–water partition coefficient (Wildman–Crippen LogP) is 6.21. The van der Waals surface area contributed by atoms with Gasteiger partial charge in [-0.05, 0) is 61.9 Å². The standard InChI is InChI=1S/C23H20Cl2N2O3S2/c1-23(2,28)21-13-18(27(26-21)17-9-5-8-16(24)22(17)25)20-11-10-19(31-20)14-6-4-7-15(12-14)32(3,29)30/h4-13,28H,1-3H3. The molecule has 2 aromatic carbocycles. The van der Waals surface area contributed by atoms with E-state index in [4.69, 9.17) is 23.2 Å². The summed E-state index contributed by atoms with van der Waals surface area (Å²) >= 11 is 14.2. The zero-order chi connectivity index (χ0) is 23.3. The van der Waals surface area contributed by atoms with E-state index in [2.05, 4.69) is 5.10 Å². The molecule has 0 saturated carbocycles. The van der Waals surface area contributed by atoms with Gasteiger partial charge in [0.2, 0.25) is 0 Å². The van der Waals surface area contributed by atoms with Gasteiger partial charge < -0.3 is 5.11 Å². The molecule has 32 heavy (non-hydrogen) atoms. The smallest absolute Gasteiger partial charge is 0.175 e. The summed E-state index contributed by atoms with van der Waals surface area (Å²) in [5, 5.41) is 15.9. The van der Waals surface area contributed by atoms with Crippen LogP contribution >= 0.6 is 34.5 Å². The molecule has 0 spiro atoms. The fourth-order valence-electron chi connectivity index (χ4n) is 3.21. The summed E-state index contributed by atoms with van der Waals surface area (Å²) in [6, 6.07) is 17.8. The minimum absolute atomic E-state index is 0.269. The molecule has 4 rings (SSSR count). The second-order valence-corrected chi connectivity index (χ2v) is 11.8. The van der Waals surface area contributed by atoms with Gasteiger partial charge in [0.1, 0.15) is 5.60 Å². The van der Waals surface area contributed by atoms with Gasteiger partial charge >= 0.3 is 0 Å². The Kier molecular flexibility index (Phi) is 5.98. The molecule has 2 heterocycles. The Hall–Kier alpha value is -2.16. The van der Waals surface area contributed by atoms with Gasteiger partial charge in [0.05, 0.1) is 36.9 Å². The Labute approximate surface area is 200 Å². The molecule has 0 atom stereocenters. The lowest BCUT2D eigenvalue weighted by Crippen LogP contribution is -2.16. The van der Waals surface area contributed by atoms with E-state index in [9.17, 15) is 13.5 Å². The van der Waals surface area contributed by atoms with E-state index < -0.39 is 15.4 Å². The maximum Gasteiger partial charge on any atom is 0.175 e.